The molecule has 22 heavy (non-hydrogen) atoms. The van der Waals surface area contributed by atoms with Crippen LogP contribution < -0.4 is 4.74 Å². The second kappa shape index (κ2) is 4.83. The fraction of sp³-hybridized carbons (Fsp3) is 0.333. The summed E-state index contributed by atoms with van der Waals surface area (Å²) in [6.45, 7) is 5.74. The van der Waals surface area contributed by atoms with E-state index in [2.05, 4.69) is 52.6 Å². The van der Waals surface area contributed by atoms with Gasteiger partial charge in [0, 0.05) is 32.1 Å². The molecule has 1 aromatic carbocycles. The Bertz CT molecular complexity index is 711. The molecule has 2 aromatic rings. The lowest BCUT2D eigenvalue weighted by Gasteiger charge is -2.45. The molecular weight excluding hydrogens is 276 g/mol. The first-order chi connectivity index (χ1) is 10.7. The van der Waals surface area contributed by atoms with E-state index in [1.807, 2.05) is 6.07 Å². The number of benzene rings is 1. The topological polar surface area (TPSA) is 26.6 Å². The molecule has 1 aromatic heterocycles. The highest BCUT2D eigenvalue weighted by Crippen LogP contribution is 2.45. The summed E-state index contributed by atoms with van der Waals surface area (Å²) in [7, 11) is 1.67. The molecule has 0 bridgehead atoms. The third-order valence-corrected chi connectivity index (χ3v) is 4.81. The largest absolute Gasteiger partial charge is 0.483 e. The number of ether oxygens (including phenoxy) is 2. The Morgan fingerprint density at radius 2 is 1.95 bits per heavy atom. The summed E-state index contributed by atoms with van der Waals surface area (Å²) in [5.41, 5.74) is 2.12. The van der Waals surface area contributed by atoms with Gasteiger partial charge in [0.25, 0.3) is 0 Å². The number of piperidine rings is 1. The van der Waals surface area contributed by atoms with Crippen LogP contribution >= 0.6 is 0 Å². The van der Waals surface area contributed by atoms with Crippen molar-refractivity contribution in [1.29, 1.82) is 0 Å². The second-order valence-corrected chi connectivity index (χ2v) is 5.91. The maximum absolute atomic E-state index is 6.49. The Hall–Kier alpha value is -2.36. The Morgan fingerprint density at radius 3 is 2.73 bits per heavy atom. The summed E-state index contributed by atoms with van der Waals surface area (Å²) in [5, 5.41) is 0. The van der Waals surface area contributed by atoms with Gasteiger partial charge in [-0.15, -0.1) is 0 Å². The van der Waals surface area contributed by atoms with E-state index in [4.69, 9.17) is 9.47 Å². The zero-order valence-corrected chi connectivity index (χ0v) is 12.8. The van der Waals surface area contributed by atoms with Gasteiger partial charge in [0.05, 0.1) is 18.5 Å². The van der Waals surface area contributed by atoms with Crippen molar-refractivity contribution >= 4 is 0 Å². The number of para-hydroxylation sites is 2. The van der Waals surface area contributed by atoms with Crippen molar-refractivity contribution in [2.75, 3.05) is 20.2 Å². The molecule has 114 valence electrons. The fourth-order valence-electron chi connectivity index (χ4n) is 3.57. The summed E-state index contributed by atoms with van der Waals surface area (Å²) in [4.78, 5) is 2.18. The van der Waals surface area contributed by atoms with Gasteiger partial charge in [0.2, 0.25) is 0 Å². The maximum atomic E-state index is 6.49. The van der Waals surface area contributed by atoms with E-state index in [1.165, 1.54) is 5.69 Å². The van der Waals surface area contributed by atoms with Crippen molar-refractivity contribution in [2.24, 2.45) is 0 Å². The van der Waals surface area contributed by atoms with Crippen molar-refractivity contribution in [1.82, 2.24) is 9.47 Å². The summed E-state index contributed by atoms with van der Waals surface area (Å²) >= 11 is 0. The molecule has 4 heteroatoms. The van der Waals surface area contributed by atoms with Gasteiger partial charge in [-0.05, 0) is 30.8 Å². The number of aromatic nitrogens is 1. The van der Waals surface area contributed by atoms with Crippen molar-refractivity contribution in [3.63, 3.8) is 0 Å². The van der Waals surface area contributed by atoms with Gasteiger partial charge in [-0.25, -0.2) is 0 Å². The molecule has 0 atom stereocenters. The van der Waals surface area contributed by atoms with E-state index in [0.29, 0.717) is 0 Å². The quantitative estimate of drug-likeness (QED) is 0.796. The van der Waals surface area contributed by atoms with Crippen LogP contribution in [0.5, 0.6) is 5.75 Å². The first kappa shape index (κ1) is 13.3. The van der Waals surface area contributed by atoms with Gasteiger partial charge in [0.1, 0.15) is 5.75 Å². The monoisotopic (exact) mass is 296 g/mol. The lowest BCUT2D eigenvalue weighted by Crippen LogP contribution is -2.48. The number of methoxy groups -OCH3 is 1. The molecular formula is C18H20N2O2. The third-order valence-electron chi connectivity index (χ3n) is 4.81. The van der Waals surface area contributed by atoms with Gasteiger partial charge in [-0.1, -0.05) is 12.1 Å². The number of rotatable bonds is 2. The molecule has 0 amide bonds. The summed E-state index contributed by atoms with van der Waals surface area (Å²) in [5.74, 6) is 1.70. The molecule has 1 saturated heterocycles. The minimum atomic E-state index is -0.248. The van der Waals surface area contributed by atoms with Crippen molar-refractivity contribution < 1.29 is 9.47 Å². The van der Waals surface area contributed by atoms with Crippen molar-refractivity contribution in [3.8, 4) is 11.4 Å². The zero-order chi connectivity index (χ0) is 15.2. The highest BCUT2D eigenvalue weighted by atomic mass is 16.5. The van der Waals surface area contributed by atoms with Crippen LogP contribution in [-0.4, -0.2) is 29.7 Å². The lowest BCUT2D eigenvalue weighted by molar-refractivity contribution is -0.0179. The lowest BCUT2D eigenvalue weighted by atomic mass is 9.86. The van der Waals surface area contributed by atoms with Crippen LogP contribution in [0.15, 0.2) is 55.1 Å². The second-order valence-electron chi connectivity index (χ2n) is 5.91. The summed E-state index contributed by atoms with van der Waals surface area (Å²) < 4.78 is 14.0. The number of hydrogen-bond acceptors (Lipinski definition) is 3. The Balaban J connectivity index is 1.69. The van der Waals surface area contributed by atoms with Gasteiger partial charge < -0.3 is 18.9 Å². The van der Waals surface area contributed by atoms with Crippen molar-refractivity contribution in [3.05, 3.63) is 60.8 Å². The van der Waals surface area contributed by atoms with Crippen LogP contribution in [0, 0.1) is 0 Å². The van der Waals surface area contributed by atoms with Crippen LogP contribution in [0.2, 0.25) is 0 Å². The molecule has 0 N–H and O–H groups in total. The average Bonchev–Trinajstić information content (AvgIpc) is 3.06. The summed E-state index contributed by atoms with van der Waals surface area (Å²) in [6.07, 6.45) is 3.97. The van der Waals surface area contributed by atoms with E-state index < -0.39 is 0 Å². The van der Waals surface area contributed by atoms with E-state index in [0.717, 1.165) is 43.3 Å². The molecule has 2 aliphatic rings. The number of fused-ring (bicyclic) bond motifs is 4. The van der Waals surface area contributed by atoms with Crippen LogP contribution in [0.4, 0.5) is 0 Å². The SMILES string of the molecule is C=C(OC)N1CCC2(CC1)Oc1ccccc1-n1cccc12. The van der Waals surface area contributed by atoms with Gasteiger partial charge >= 0.3 is 0 Å². The molecule has 4 nitrogen and oxygen atoms in total. The van der Waals surface area contributed by atoms with Crippen molar-refractivity contribution in [2.45, 2.75) is 18.4 Å². The van der Waals surface area contributed by atoms with E-state index in [1.54, 1.807) is 7.11 Å². The molecule has 0 unspecified atom stereocenters. The van der Waals surface area contributed by atoms with Crippen LogP contribution in [-0.2, 0) is 10.3 Å². The highest BCUT2D eigenvalue weighted by Gasteiger charge is 2.44. The maximum Gasteiger partial charge on any atom is 0.181 e. The Kier molecular flexibility index (Phi) is 2.93. The van der Waals surface area contributed by atoms with E-state index in [-0.39, 0.29) is 5.60 Å². The first-order valence-corrected chi connectivity index (χ1v) is 7.68. The fourth-order valence-corrected chi connectivity index (χ4v) is 3.57. The third kappa shape index (κ3) is 1.83. The predicted molar refractivity (Wildman–Crippen MR) is 85.0 cm³/mol. The van der Waals surface area contributed by atoms with Gasteiger partial charge in [-0.2, -0.15) is 0 Å². The van der Waals surface area contributed by atoms with E-state index in [9.17, 15) is 0 Å². The number of likely N-dealkylation sites (tertiary alicyclic amines) is 1. The highest BCUT2D eigenvalue weighted by molar-refractivity contribution is 5.52. The van der Waals surface area contributed by atoms with Crippen LogP contribution in [0.1, 0.15) is 18.5 Å². The normalized spacial score (nSPS) is 18.3. The zero-order valence-electron chi connectivity index (χ0n) is 12.8. The Labute approximate surface area is 130 Å². The first-order valence-electron chi connectivity index (χ1n) is 7.68. The predicted octanol–water partition coefficient (Wildman–Crippen LogP) is 3.28. The molecule has 0 radical (unpaired) electrons. The van der Waals surface area contributed by atoms with Crippen LogP contribution in [0.25, 0.3) is 5.69 Å². The average molecular weight is 296 g/mol. The standard InChI is InChI=1S/C18H20N2O2/c1-14(21-2)19-12-9-18(10-13-19)17-8-5-11-20(17)15-6-3-4-7-16(15)22-18/h3-8,11H,1,9-10,12-13H2,2H3. The number of hydrogen-bond donors (Lipinski definition) is 0. The molecule has 4 rings (SSSR count). The molecule has 1 spiro atoms. The minimum Gasteiger partial charge on any atom is -0.483 e. The number of nitrogens with zero attached hydrogens (tertiary/aromatic N) is 2. The molecule has 2 aliphatic heterocycles. The smallest absolute Gasteiger partial charge is 0.181 e. The molecule has 1 fully saturated rings. The minimum absolute atomic E-state index is 0.248. The summed E-state index contributed by atoms with van der Waals surface area (Å²) in [6, 6.07) is 12.5. The molecule has 0 saturated carbocycles. The van der Waals surface area contributed by atoms with Gasteiger partial charge in [0.15, 0.2) is 11.5 Å². The van der Waals surface area contributed by atoms with Gasteiger partial charge in [-0.3, -0.25) is 0 Å². The molecule has 3 heterocycles. The van der Waals surface area contributed by atoms with Crippen LogP contribution in [0.3, 0.4) is 0 Å². The van der Waals surface area contributed by atoms with E-state index >= 15 is 0 Å². The Morgan fingerprint density at radius 1 is 1.18 bits per heavy atom. The molecule has 0 aliphatic carbocycles.